The number of carbonyl (C=O) groups excluding carboxylic acids is 1. The van der Waals surface area contributed by atoms with Crippen molar-refractivity contribution >= 4 is 28.5 Å². The largest absolute Gasteiger partial charge is 0.573 e. The molecule has 0 atom stereocenters. The third-order valence-corrected chi connectivity index (χ3v) is 3.78. The standard InChI is InChI=1S/C20H18F3N3O4/c1-2-28-11-12-29-19(27)17-18(26-16-6-4-3-5-15(16)25-17)24-13-7-9-14(10-8-13)30-20(21,22)23/h3-10H,2,11-12H2,1H3,(H,24,26). The molecule has 0 saturated heterocycles. The van der Waals surface area contributed by atoms with Crippen molar-refractivity contribution in [3.8, 4) is 5.75 Å². The van der Waals surface area contributed by atoms with E-state index < -0.39 is 12.3 Å². The first-order chi connectivity index (χ1) is 14.4. The molecule has 0 saturated carbocycles. The number of anilines is 2. The Morgan fingerprint density at radius 1 is 1.00 bits per heavy atom. The van der Waals surface area contributed by atoms with E-state index in [-0.39, 0.29) is 30.5 Å². The van der Waals surface area contributed by atoms with Crippen molar-refractivity contribution in [1.82, 2.24) is 9.97 Å². The van der Waals surface area contributed by atoms with E-state index >= 15 is 0 Å². The summed E-state index contributed by atoms with van der Waals surface area (Å²) in [5.41, 5.74) is 1.36. The molecule has 30 heavy (non-hydrogen) atoms. The Kier molecular flexibility index (Phi) is 6.68. The number of rotatable bonds is 8. The molecule has 7 nitrogen and oxygen atoms in total. The van der Waals surface area contributed by atoms with Gasteiger partial charge in [0.2, 0.25) is 0 Å². The lowest BCUT2D eigenvalue weighted by Gasteiger charge is -2.13. The minimum atomic E-state index is -4.78. The molecule has 3 aromatic rings. The van der Waals surface area contributed by atoms with Crippen molar-refractivity contribution < 1.29 is 32.2 Å². The molecule has 0 aliphatic heterocycles. The summed E-state index contributed by atoms with van der Waals surface area (Å²) in [6.45, 7) is 2.61. The number of alkyl halides is 3. The molecular weight excluding hydrogens is 403 g/mol. The maximum atomic E-state index is 12.5. The lowest BCUT2D eigenvalue weighted by molar-refractivity contribution is -0.274. The number of para-hydroxylation sites is 2. The topological polar surface area (TPSA) is 82.6 Å². The monoisotopic (exact) mass is 421 g/mol. The summed E-state index contributed by atoms with van der Waals surface area (Å²) in [5, 5.41) is 2.89. The Bertz CT molecular complexity index is 1010. The van der Waals surface area contributed by atoms with Crippen LogP contribution in [0.3, 0.4) is 0 Å². The lowest BCUT2D eigenvalue weighted by atomic mass is 10.2. The molecule has 10 heteroatoms. The highest BCUT2D eigenvalue weighted by Crippen LogP contribution is 2.26. The van der Waals surface area contributed by atoms with Crippen LogP contribution in [0.4, 0.5) is 24.7 Å². The fourth-order valence-electron chi connectivity index (χ4n) is 2.51. The van der Waals surface area contributed by atoms with Crippen LogP contribution in [0.25, 0.3) is 11.0 Å². The van der Waals surface area contributed by atoms with Gasteiger partial charge in [0, 0.05) is 12.3 Å². The van der Waals surface area contributed by atoms with Gasteiger partial charge in [0.05, 0.1) is 17.6 Å². The summed E-state index contributed by atoms with van der Waals surface area (Å²) in [7, 11) is 0. The van der Waals surface area contributed by atoms with Crippen molar-refractivity contribution in [2.75, 3.05) is 25.1 Å². The van der Waals surface area contributed by atoms with E-state index in [0.717, 1.165) is 12.1 Å². The summed E-state index contributed by atoms with van der Waals surface area (Å²) < 4.78 is 51.1. The zero-order valence-corrected chi connectivity index (χ0v) is 15.9. The number of ether oxygens (including phenoxy) is 3. The lowest BCUT2D eigenvalue weighted by Crippen LogP contribution is -2.17. The second-order valence-electron chi connectivity index (χ2n) is 5.94. The van der Waals surface area contributed by atoms with Crippen molar-refractivity contribution in [2.24, 2.45) is 0 Å². The van der Waals surface area contributed by atoms with Crippen LogP contribution in [0.5, 0.6) is 5.75 Å². The second-order valence-corrected chi connectivity index (χ2v) is 5.94. The van der Waals surface area contributed by atoms with Gasteiger partial charge >= 0.3 is 12.3 Å². The second kappa shape index (κ2) is 9.40. The van der Waals surface area contributed by atoms with Crippen LogP contribution in [-0.4, -0.2) is 42.1 Å². The van der Waals surface area contributed by atoms with Crippen molar-refractivity contribution in [1.29, 1.82) is 0 Å². The molecule has 158 valence electrons. The van der Waals surface area contributed by atoms with Gasteiger partial charge in [-0.05, 0) is 43.3 Å². The van der Waals surface area contributed by atoms with Gasteiger partial charge in [-0.3, -0.25) is 0 Å². The van der Waals surface area contributed by atoms with E-state index in [1.165, 1.54) is 12.1 Å². The maximum Gasteiger partial charge on any atom is 0.573 e. The Morgan fingerprint density at radius 3 is 2.30 bits per heavy atom. The van der Waals surface area contributed by atoms with Gasteiger partial charge in [0.25, 0.3) is 0 Å². The fourth-order valence-corrected chi connectivity index (χ4v) is 2.51. The van der Waals surface area contributed by atoms with Crippen molar-refractivity contribution in [3.05, 3.63) is 54.2 Å². The average Bonchev–Trinajstić information content (AvgIpc) is 2.71. The number of benzene rings is 2. The molecule has 0 bridgehead atoms. The first-order valence-electron chi connectivity index (χ1n) is 9.00. The number of halogens is 3. The average molecular weight is 421 g/mol. The predicted molar refractivity (Wildman–Crippen MR) is 103 cm³/mol. The van der Waals surface area contributed by atoms with E-state index in [2.05, 4.69) is 20.0 Å². The Morgan fingerprint density at radius 2 is 1.67 bits per heavy atom. The van der Waals surface area contributed by atoms with Gasteiger partial charge in [-0.15, -0.1) is 13.2 Å². The predicted octanol–water partition coefficient (Wildman–Crippen LogP) is 4.47. The Balaban J connectivity index is 1.85. The van der Waals surface area contributed by atoms with Crippen LogP contribution < -0.4 is 10.1 Å². The van der Waals surface area contributed by atoms with Gasteiger partial charge in [-0.1, -0.05) is 12.1 Å². The summed E-state index contributed by atoms with van der Waals surface area (Å²) in [4.78, 5) is 21.2. The molecule has 0 amide bonds. The fraction of sp³-hybridized carbons (Fsp3) is 0.250. The number of nitrogens with one attached hydrogen (secondary N) is 1. The Labute approximate surface area is 169 Å². The van der Waals surface area contributed by atoms with Gasteiger partial charge in [0.1, 0.15) is 12.4 Å². The number of nitrogens with zero attached hydrogens (tertiary/aromatic N) is 2. The quantitative estimate of drug-likeness (QED) is 0.425. The number of hydrogen-bond acceptors (Lipinski definition) is 7. The van der Waals surface area contributed by atoms with Crippen LogP contribution in [0.1, 0.15) is 17.4 Å². The Hall–Kier alpha value is -3.40. The highest BCUT2D eigenvalue weighted by molar-refractivity contribution is 5.96. The number of aromatic nitrogens is 2. The van der Waals surface area contributed by atoms with Gasteiger partial charge < -0.3 is 19.5 Å². The highest BCUT2D eigenvalue weighted by Gasteiger charge is 2.31. The smallest absolute Gasteiger partial charge is 0.458 e. The van der Waals surface area contributed by atoms with Crippen LogP contribution >= 0.6 is 0 Å². The molecular formula is C20H18F3N3O4. The number of carbonyl (C=O) groups is 1. The summed E-state index contributed by atoms with van der Waals surface area (Å²) in [5.74, 6) is -0.958. The van der Waals surface area contributed by atoms with Gasteiger partial charge in [-0.2, -0.15) is 0 Å². The van der Waals surface area contributed by atoms with Gasteiger partial charge in [-0.25, -0.2) is 14.8 Å². The maximum absolute atomic E-state index is 12.5. The first kappa shape index (κ1) is 21.3. The third-order valence-electron chi connectivity index (χ3n) is 3.78. The highest BCUT2D eigenvalue weighted by atomic mass is 19.4. The summed E-state index contributed by atoms with van der Waals surface area (Å²) in [6.07, 6.45) is -4.78. The summed E-state index contributed by atoms with van der Waals surface area (Å²) >= 11 is 0. The molecule has 0 aliphatic carbocycles. The molecule has 1 N–H and O–H groups in total. The van der Waals surface area contributed by atoms with E-state index in [1.54, 1.807) is 24.3 Å². The minimum Gasteiger partial charge on any atom is -0.458 e. The van der Waals surface area contributed by atoms with E-state index in [0.29, 0.717) is 23.3 Å². The molecule has 1 heterocycles. The van der Waals surface area contributed by atoms with Gasteiger partial charge in [0.15, 0.2) is 11.5 Å². The molecule has 0 unspecified atom stereocenters. The summed E-state index contributed by atoms with van der Waals surface area (Å²) in [6, 6.07) is 12.0. The van der Waals surface area contributed by atoms with Crippen LogP contribution in [0, 0.1) is 0 Å². The van der Waals surface area contributed by atoms with E-state index in [9.17, 15) is 18.0 Å². The van der Waals surface area contributed by atoms with E-state index in [4.69, 9.17) is 9.47 Å². The first-order valence-corrected chi connectivity index (χ1v) is 9.00. The SMILES string of the molecule is CCOCCOC(=O)c1nc2ccccc2nc1Nc1ccc(OC(F)(F)F)cc1. The molecule has 0 radical (unpaired) electrons. The van der Waals surface area contributed by atoms with E-state index in [1.807, 2.05) is 6.92 Å². The number of hydrogen-bond donors (Lipinski definition) is 1. The molecule has 2 aromatic carbocycles. The van der Waals surface area contributed by atoms with Crippen LogP contribution in [-0.2, 0) is 9.47 Å². The van der Waals surface area contributed by atoms with Crippen molar-refractivity contribution in [2.45, 2.75) is 13.3 Å². The molecule has 3 rings (SSSR count). The minimum absolute atomic E-state index is 0.0457. The zero-order valence-electron chi connectivity index (χ0n) is 15.9. The molecule has 0 aliphatic rings. The number of esters is 1. The van der Waals surface area contributed by atoms with Crippen molar-refractivity contribution in [3.63, 3.8) is 0 Å². The van der Waals surface area contributed by atoms with Crippen LogP contribution in [0.15, 0.2) is 48.5 Å². The number of fused-ring (bicyclic) bond motifs is 1. The normalized spacial score (nSPS) is 11.3. The van der Waals surface area contributed by atoms with Crippen LogP contribution in [0.2, 0.25) is 0 Å². The zero-order chi connectivity index (χ0) is 21.6. The molecule has 1 aromatic heterocycles. The molecule has 0 spiro atoms. The molecule has 0 fully saturated rings. The third kappa shape index (κ3) is 5.80.